The lowest BCUT2D eigenvalue weighted by atomic mass is 10.2. The van der Waals surface area contributed by atoms with E-state index < -0.39 is 0 Å². The Balaban J connectivity index is 1.76. The van der Waals surface area contributed by atoms with E-state index in [1.165, 1.54) is 17.4 Å². The average Bonchev–Trinajstić information content (AvgIpc) is 3.18. The smallest absolute Gasteiger partial charge is 0.257 e. The molecule has 0 radical (unpaired) electrons. The molecule has 0 saturated heterocycles. The summed E-state index contributed by atoms with van der Waals surface area (Å²) in [6, 6.07) is 11.4. The van der Waals surface area contributed by atoms with E-state index in [0.717, 1.165) is 12.2 Å². The fraction of sp³-hybridized carbons (Fsp3) is 0.304. The zero-order valence-corrected chi connectivity index (χ0v) is 18.6. The predicted octanol–water partition coefficient (Wildman–Crippen LogP) is 5.01. The molecule has 8 heteroatoms. The van der Waals surface area contributed by atoms with Gasteiger partial charge in [0.15, 0.2) is 5.13 Å². The molecule has 0 bridgehead atoms. The quantitative estimate of drug-likeness (QED) is 0.461. The van der Waals surface area contributed by atoms with E-state index >= 15 is 0 Å². The summed E-state index contributed by atoms with van der Waals surface area (Å²) in [5, 5.41) is 8.43. The molecule has 164 valence electrons. The fourth-order valence-corrected chi connectivity index (χ4v) is 3.48. The SMILES string of the molecule is CCNCc1csc(NC(=O)c2cc(OCc3ccccc3F)cc(OC(C)C)c2)n1. The maximum absolute atomic E-state index is 13.9. The van der Waals surface area contributed by atoms with E-state index in [-0.39, 0.29) is 24.4 Å². The van der Waals surface area contributed by atoms with E-state index in [4.69, 9.17) is 9.47 Å². The third-order valence-corrected chi connectivity index (χ3v) is 5.00. The number of hydrogen-bond acceptors (Lipinski definition) is 6. The summed E-state index contributed by atoms with van der Waals surface area (Å²) in [6.07, 6.45) is -0.0784. The second-order valence-corrected chi connectivity index (χ2v) is 7.98. The molecule has 0 aliphatic carbocycles. The zero-order valence-electron chi connectivity index (χ0n) is 17.8. The summed E-state index contributed by atoms with van der Waals surface area (Å²) >= 11 is 1.36. The van der Waals surface area contributed by atoms with Crippen molar-refractivity contribution in [3.63, 3.8) is 0 Å². The van der Waals surface area contributed by atoms with E-state index in [1.54, 1.807) is 36.4 Å². The summed E-state index contributed by atoms with van der Waals surface area (Å²) in [4.78, 5) is 17.2. The van der Waals surface area contributed by atoms with Gasteiger partial charge in [-0.25, -0.2) is 9.37 Å². The number of nitrogens with one attached hydrogen (secondary N) is 2. The number of carbonyl (C=O) groups excluding carboxylic acids is 1. The van der Waals surface area contributed by atoms with Crippen LogP contribution in [0, 0.1) is 5.82 Å². The van der Waals surface area contributed by atoms with E-state index in [2.05, 4.69) is 15.6 Å². The van der Waals surface area contributed by atoms with Gasteiger partial charge in [0.05, 0.1) is 11.8 Å². The molecule has 2 N–H and O–H groups in total. The van der Waals surface area contributed by atoms with Crippen LogP contribution in [0.2, 0.25) is 0 Å². The predicted molar refractivity (Wildman–Crippen MR) is 120 cm³/mol. The van der Waals surface area contributed by atoms with Crippen molar-refractivity contribution in [2.75, 3.05) is 11.9 Å². The first-order valence-corrected chi connectivity index (χ1v) is 11.0. The van der Waals surface area contributed by atoms with Crippen molar-refractivity contribution in [2.24, 2.45) is 0 Å². The highest BCUT2D eigenvalue weighted by Gasteiger charge is 2.14. The highest BCUT2D eigenvalue weighted by Crippen LogP contribution is 2.26. The van der Waals surface area contributed by atoms with Crippen molar-refractivity contribution in [2.45, 2.75) is 40.0 Å². The summed E-state index contributed by atoms with van der Waals surface area (Å²) in [5.74, 6) is 0.248. The standard InChI is InChI=1S/C23H26FN3O3S/c1-4-25-12-18-14-31-23(26-18)27-22(28)17-9-19(11-20(10-17)30-15(2)3)29-13-16-7-5-6-8-21(16)24/h5-11,14-15,25H,4,12-13H2,1-3H3,(H,26,27,28). The Kier molecular flexibility index (Phi) is 7.97. The van der Waals surface area contributed by atoms with Gasteiger partial charge in [0, 0.05) is 29.1 Å². The third kappa shape index (κ3) is 6.77. The van der Waals surface area contributed by atoms with Crippen LogP contribution in [-0.4, -0.2) is 23.5 Å². The number of anilines is 1. The normalized spacial score (nSPS) is 10.9. The largest absolute Gasteiger partial charge is 0.491 e. The number of halogens is 1. The van der Waals surface area contributed by atoms with E-state index in [9.17, 15) is 9.18 Å². The summed E-state index contributed by atoms with van der Waals surface area (Å²) in [7, 11) is 0. The minimum atomic E-state index is -0.341. The van der Waals surface area contributed by atoms with Crippen LogP contribution < -0.4 is 20.1 Å². The number of hydrogen-bond donors (Lipinski definition) is 2. The molecule has 0 fully saturated rings. The van der Waals surface area contributed by atoms with Gasteiger partial charge in [0.25, 0.3) is 5.91 Å². The van der Waals surface area contributed by atoms with Crippen molar-refractivity contribution in [1.29, 1.82) is 0 Å². The molecule has 0 unspecified atom stereocenters. The van der Waals surface area contributed by atoms with Gasteiger partial charge >= 0.3 is 0 Å². The summed E-state index contributed by atoms with van der Waals surface area (Å²) < 4.78 is 25.4. The van der Waals surface area contributed by atoms with E-state index in [0.29, 0.717) is 34.3 Å². The Bertz CT molecular complexity index is 1020. The fourth-order valence-electron chi connectivity index (χ4n) is 2.77. The molecule has 6 nitrogen and oxygen atoms in total. The van der Waals surface area contributed by atoms with Crippen LogP contribution in [0.3, 0.4) is 0 Å². The van der Waals surface area contributed by atoms with Crippen LogP contribution in [0.5, 0.6) is 11.5 Å². The van der Waals surface area contributed by atoms with Gasteiger partial charge in [-0.05, 0) is 38.6 Å². The molecule has 1 aromatic heterocycles. The molecule has 3 aromatic rings. The molecule has 31 heavy (non-hydrogen) atoms. The minimum Gasteiger partial charge on any atom is -0.491 e. The topological polar surface area (TPSA) is 72.5 Å². The first-order chi connectivity index (χ1) is 14.9. The molecule has 2 aromatic carbocycles. The third-order valence-electron chi connectivity index (χ3n) is 4.19. The lowest BCUT2D eigenvalue weighted by molar-refractivity contribution is 0.102. The van der Waals surface area contributed by atoms with Crippen LogP contribution in [0.1, 0.15) is 42.4 Å². The molecular weight excluding hydrogens is 417 g/mol. The van der Waals surface area contributed by atoms with Gasteiger partial charge < -0.3 is 14.8 Å². The first kappa shape index (κ1) is 22.7. The number of nitrogens with zero attached hydrogens (tertiary/aromatic N) is 1. The van der Waals surface area contributed by atoms with Gasteiger partial charge in [0.1, 0.15) is 23.9 Å². The van der Waals surface area contributed by atoms with Gasteiger partial charge in [-0.3, -0.25) is 10.1 Å². The second-order valence-electron chi connectivity index (χ2n) is 7.12. The van der Waals surface area contributed by atoms with Crippen molar-refractivity contribution >= 4 is 22.4 Å². The maximum atomic E-state index is 13.9. The van der Waals surface area contributed by atoms with Crippen LogP contribution in [0.25, 0.3) is 0 Å². The van der Waals surface area contributed by atoms with Crippen molar-refractivity contribution in [1.82, 2.24) is 10.3 Å². The van der Waals surface area contributed by atoms with Crippen molar-refractivity contribution < 1.29 is 18.7 Å². The number of amides is 1. The highest BCUT2D eigenvalue weighted by molar-refractivity contribution is 7.14. The molecule has 0 aliphatic rings. The lowest BCUT2D eigenvalue weighted by Crippen LogP contribution is -2.14. The molecule has 0 saturated carbocycles. The highest BCUT2D eigenvalue weighted by atomic mass is 32.1. The molecule has 3 rings (SSSR count). The van der Waals surface area contributed by atoms with Crippen LogP contribution in [0.4, 0.5) is 9.52 Å². The molecule has 1 amide bonds. The Hall–Kier alpha value is -2.97. The Labute approximate surface area is 185 Å². The number of rotatable bonds is 10. The first-order valence-electron chi connectivity index (χ1n) is 10.1. The summed E-state index contributed by atoms with van der Waals surface area (Å²) in [6.45, 7) is 7.35. The van der Waals surface area contributed by atoms with E-state index in [1.807, 2.05) is 26.2 Å². The van der Waals surface area contributed by atoms with Crippen molar-refractivity contribution in [3.05, 3.63) is 70.5 Å². The molecule has 0 spiro atoms. The van der Waals surface area contributed by atoms with Gasteiger partial charge in [-0.1, -0.05) is 25.1 Å². The van der Waals surface area contributed by atoms with Crippen LogP contribution >= 0.6 is 11.3 Å². The number of benzene rings is 2. The van der Waals surface area contributed by atoms with Crippen LogP contribution in [0.15, 0.2) is 47.8 Å². The van der Waals surface area contributed by atoms with Gasteiger partial charge in [-0.15, -0.1) is 11.3 Å². The number of thiazole rings is 1. The minimum absolute atomic E-state index is 0.0408. The Morgan fingerprint density at radius 3 is 2.71 bits per heavy atom. The van der Waals surface area contributed by atoms with Gasteiger partial charge in [-0.2, -0.15) is 0 Å². The summed E-state index contributed by atoms with van der Waals surface area (Å²) in [5.41, 5.74) is 1.66. The van der Waals surface area contributed by atoms with Crippen molar-refractivity contribution in [3.8, 4) is 11.5 Å². The monoisotopic (exact) mass is 443 g/mol. The molecular formula is C23H26FN3O3S. The Morgan fingerprint density at radius 2 is 1.97 bits per heavy atom. The number of aromatic nitrogens is 1. The maximum Gasteiger partial charge on any atom is 0.257 e. The van der Waals surface area contributed by atoms with Gasteiger partial charge in [0.2, 0.25) is 0 Å². The second kappa shape index (κ2) is 10.9. The molecule has 0 atom stereocenters. The zero-order chi connectivity index (χ0) is 22.2. The molecule has 1 heterocycles. The average molecular weight is 444 g/mol. The number of carbonyl (C=O) groups is 1. The van der Waals surface area contributed by atoms with Crippen LogP contribution in [-0.2, 0) is 13.2 Å². The Morgan fingerprint density at radius 1 is 1.19 bits per heavy atom. The number of ether oxygens (including phenoxy) is 2. The lowest BCUT2D eigenvalue weighted by Gasteiger charge is -2.14. The molecule has 0 aliphatic heterocycles.